The van der Waals surface area contributed by atoms with E-state index in [0.717, 1.165) is 18.6 Å². The van der Waals surface area contributed by atoms with Crippen molar-refractivity contribution >= 4 is 15.9 Å². The van der Waals surface area contributed by atoms with E-state index in [1.165, 1.54) is 4.31 Å². The molecule has 1 amide bonds. The molecule has 2 atom stereocenters. The SMILES string of the molecule is Cc1ccc(C(C)NC(=O)C2CCCCN2S(=O)(=O)c2ccccc2)o1. The predicted octanol–water partition coefficient (Wildman–Crippen LogP) is 3.01. The lowest BCUT2D eigenvalue weighted by atomic mass is 10.0. The molecule has 1 N–H and O–H groups in total. The third kappa shape index (κ3) is 3.83. The summed E-state index contributed by atoms with van der Waals surface area (Å²) in [4.78, 5) is 13.0. The summed E-state index contributed by atoms with van der Waals surface area (Å²) in [5.41, 5.74) is 0. The highest BCUT2D eigenvalue weighted by molar-refractivity contribution is 7.89. The zero-order chi connectivity index (χ0) is 18.7. The van der Waals surface area contributed by atoms with E-state index >= 15 is 0 Å². The van der Waals surface area contributed by atoms with Crippen LogP contribution in [0.4, 0.5) is 0 Å². The largest absolute Gasteiger partial charge is 0.464 e. The van der Waals surface area contributed by atoms with Crippen molar-refractivity contribution < 1.29 is 17.6 Å². The van der Waals surface area contributed by atoms with Gasteiger partial charge in [-0.3, -0.25) is 4.79 Å². The maximum absolute atomic E-state index is 13.0. The van der Waals surface area contributed by atoms with Crippen molar-refractivity contribution in [1.82, 2.24) is 9.62 Å². The molecule has 0 saturated carbocycles. The van der Waals surface area contributed by atoms with E-state index in [0.29, 0.717) is 18.7 Å². The number of amides is 1. The first-order chi connectivity index (χ1) is 12.4. The van der Waals surface area contributed by atoms with Crippen molar-refractivity contribution in [3.05, 3.63) is 54.0 Å². The Labute approximate surface area is 154 Å². The highest BCUT2D eigenvalue weighted by atomic mass is 32.2. The minimum atomic E-state index is -3.70. The second kappa shape index (κ2) is 7.63. The maximum Gasteiger partial charge on any atom is 0.243 e. The van der Waals surface area contributed by atoms with Gasteiger partial charge in [-0.1, -0.05) is 24.6 Å². The Balaban J connectivity index is 1.79. The monoisotopic (exact) mass is 376 g/mol. The average molecular weight is 376 g/mol. The van der Waals surface area contributed by atoms with E-state index in [1.54, 1.807) is 30.3 Å². The number of carbonyl (C=O) groups excluding carboxylic acids is 1. The lowest BCUT2D eigenvalue weighted by molar-refractivity contribution is -0.126. The number of nitrogens with zero attached hydrogens (tertiary/aromatic N) is 1. The molecule has 1 aromatic carbocycles. The molecule has 7 heteroatoms. The normalized spacial score (nSPS) is 19.8. The van der Waals surface area contributed by atoms with Gasteiger partial charge in [-0.05, 0) is 51.0 Å². The first kappa shape index (κ1) is 18.7. The van der Waals surface area contributed by atoms with E-state index in [9.17, 15) is 13.2 Å². The van der Waals surface area contributed by atoms with Gasteiger partial charge in [-0.25, -0.2) is 8.42 Å². The summed E-state index contributed by atoms with van der Waals surface area (Å²) in [6.45, 7) is 4.02. The van der Waals surface area contributed by atoms with Gasteiger partial charge in [0.2, 0.25) is 15.9 Å². The lowest BCUT2D eigenvalue weighted by Crippen LogP contribution is -2.52. The highest BCUT2D eigenvalue weighted by Crippen LogP contribution is 2.26. The van der Waals surface area contributed by atoms with E-state index < -0.39 is 16.1 Å². The fourth-order valence-electron chi connectivity index (χ4n) is 3.25. The summed E-state index contributed by atoms with van der Waals surface area (Å²) in [6, 6.07) is 10.9. The number of carbonyl (C=O) groups is 1. The van der Waals surface area contributed by atoms with Crippen LogP contribution in [-0.2, 0) is 14.8 Å². The molecule has 0 radical (unpaired) electrons. The van der Waals surface area contributed by atoms with Crippen LogP contribution in [0.3, 0.4) is 0 Å². The second-order valence-corrected chi connectivity index (χ2v) is 8.51. The van der Waals surface area contributed by atoms with Crippen LogP contribution in [0, 0.1) is 6.92 Å². The number of hydrogen-bond acceptors (Lipinski definition) is 4. The minimum Gasteiger partial charge on any atom is -0.464 e. The van der Waals surface area contributed by atoms with Crippen LogP contribution in [0.2, 0.25) is 0 Å². The van der Waals surface area contributed by atoms with Crippen molar-refractivity contribution in [2.45, 2.75) is 50.1 Å². The van der Waals surface area contributed by atoms with Crippen LogP contribution >= 0.6 is 0 Å². The molecule has 140 valence electrons. The van der Waals surface area contributed by atoms with E-state index in [1.807, 2.05) is 26.0 Å². The Morgan fingerprint density at radius 1 is 1.19 bits per heavy atom. The molecule has 6 nitrogen and oxygen atoms in total. The standard InChI is InChI=1S/C19H24N2O4S/c1-14-11-12-18(25-14)15(2)20-19(22)17-10-6-7-13-21(17)26(23,24)16-8-4-3-5-9-16/h3-5,8-9,11-12,15,17H,6-7,10,13H2,1-2H3,(H,20,22). The average Bonchev–Trinajstić information content (AvgIpc) is 3.09. The molecule has 1 aliphatic rings. The van der Waals surface area contributed by atoms with Crippen molar-refractivity contribution in [3.8, 4) is 0 Å². The number of piperidine rings is 1. The van der Waals surface area contributed by atoms with E-state index in [4.69, 9.17) is 4.42 Å². The molecule has 1 fully saturated rings. The molecule has 26 heavy (non-hydrogen) atoms. The van der Waals surface area contributed by atoms with Crippen LogP contribution in [0.25, 0.3) is 0 Å². The molecule has 2 heterocycles. The maximum atomic E-state index is 13.0. The number of sulfonamides is 1. The molecular formula is C19H24N2O4S. The second-order valence-electron chi connectivity index (χ2n) is 6.62. The highest BCUT2D eigenvalue weighted by Gasteiger charge is 2.38. The molecule has 0 spiro atoms. The molecule has 3 rings (SSSR count). The third-order valence-corrected chi connectivity index (χ3v) is 6.58. The summed E-state index contributed by atoms with van der Waals surface area (Å²) < 4.78 is 32.9. The summed E-state index contributed by atoms with van der Waals surface area (Å²) in [6.07, 6.45) is 2.09. The summed E-state index contributed by atoms with van der Waals surface area (Å²) in [5, 5.41) is 2.89. The minimum absolute atomic E-state index is 0.217. The number of nitrogens with one attached hydrogen (secondary N) is 1. The van der Waals surface area contributed by atoms with E-state index in [2.05, 4.69) is 5.32 Å². The third-order valence-electron chi connectivity index (χ3n) is 4.65. The molecule has 0 bridgehead atoms. The molecule has 1 aromatic heterocycles. The van der Waals surface area contributed by atoms with Gasteiger partial charge in [0.15, 0.2) is 0 Å². The molecule has 0 aliphatic carbocycles. The number of hydrogen-bond donors (Lipinski definition) is 1. The summed E-state index contributed by atoms with van der Waals surface area (Å²) in [7, 11) is -3.70. The fourth-order valence-corrected chi connectivity index (χ4v) is 4.93. The summed E-state index contributed by atoms with van der Waals surface area (Å²) >= 11 is 0. The predicted molar refractivity (Wildman–Crippen MR) is 98.0 cm³/mol. The van der Waals surface area contributed by atoms with Gasteiger partial charge in [0.1, 0.15) is 17.6 Å². The Bertz CT molecular complexity index is 861. The molecule has 2 aromatic rings. The Morgan fingerprint density at radius 3 is 2.58 bits per heavy atom. The molecular weight excluding hydrogens is 352 g/mol. The smallest absolute Gasteiger partial charge is 0.243 e. The topological polar surface area (TPSA) is 79.6 Å². The molecule has 1 aliphatic heterocycles. The Kier molecular flexibility index (Phi) is 5.48. The molecule has 1 saturated heterocycles. The number of aryl methyl sites for hydroxylation is 1. The van der Waals surface area contributed by atoms with Gasteiger partial charge in [0.25, 0.3) is 0 Å². The van der Waals surface area contributed by atoms with Gasteiger partial charge in [0, 0.05) is 6.54 Å². The van der Waals surface area contributed by atoms with Crippen LogP contribution in [0.15, 0.2) is 51.8 Å². The van der Waals surface area contributed by atoms with Crippen molar-refractivity contribution in [3.63, 3.8) is 0 Å². The van der Waals surface area contributed by atoms with Crippen LogP contribution in [0.1, 0.15) is 43.7 Å². The Morgan fingerprint density at radius 2 is 1.92 bits per heavy atom. The summed E-state index contributed by atoms with van der Waals surface area (Å²) in [5.74, 6) is 1.14. The lowest BCUT2D eigenvalue weighted by Gasteiger charge is -2.34. The first-order valence-electron chi connectivity index (χ1n) is 8.83. The van der Waals surface area contributed by atoms with Gasteiger partial charge < -0.3 is 9.73 Å². The van der Waals surface area contributed by atoms with Crippen molar-refractivity contribution in [1.29, 1.82) is 0 Å². The number of rotatable bonds is 5. The number of furan rings is 1. The quantitative estimate of drug-likeness (QED) is 0.870. The zero-order valence-corrected chi connectivity index (χ0v) is 15.8. The molecule has 2 unspecified atom stereocenters. The van der Waals surface area contributed by atoms with Crippen molar-refractivity contribution in [2.75, 3.05) is 6.54 Å². The van der Waals surface area contributed by atoms with Crippen LogP contribution in [-0.4, -0.2) is 31.2 Å². The fraction of sp³-hybridized carbons (Fsp3) is 0.421. The van der Waals surface area contributed by atoms with Crippen molar-refractivity contribution in [2.24, 2.45) is 0 Å². The first-order valence-corrected chi connectivity index (χ1v) is 10.3. The van der Waals surface area contributed by atoms with Crippen LogP contribution in [0.5, 0.6) is 0 Å². The van der Waals surface area contributed by atoms with Gasteiger partial charge in [-0.15, -0.1) is 0 Å². The van der Waals surface area contributed by atoms with Gasteiger partial charge >= 0.3 is 0 Å². The van der Waals surface area contributed by atoms with Gasteiger partial charge in [-0.2, -0.15) is 4.31 Å². The van der Waals surface area contributed by atoms with Crippen LogP contribution < -0.4 is 5.32 Å². The Hall–Kier alpha value is -2.12. The van der Waals surface area contributed by atoms with Gasteiger partial charge in [0.05, 0.1) is 10.9 Å². The zero-order valence-electron chi connectivity index (χ0n) is 15.0. The number of benzene rings is 1. The van der Waals surface area contributed by atoms with E-state index in [-0.39, 0.29) is 16.8 Å².